The van der Waals surface area contributed by atoms with E-state index in [1.165, 1.54) is 0 Å². The van der Waals surface area contributed by atoms with E-state index in [2.05, 4.69) is 12.7 Å². The molecule has 1 saturated heterocycles. The number of nitrogens with zero attached hydrogens (tertiary/aromatic N) is 2. The maximum Gasteiger partial charge on any atom is 0.410 e. The quantitative estimate of drug-likeness (QED) is 0.0656. The molecule has 312 valence electrons. The first kappa shape index (κ1) is 42.7. The molecule has 57 heavy (non-hydrogen) atoms. The number of hydrogen-bond donors (Lipinski definition) is 3. The SMILES string of the molecule is C=CCOC12Oc3ccc(O)cc3C3C(CCCCO)C(CCCCO)C=C(C(=NOC4CCCCO4)CC1N(CCC)C(=O)OCCOCc1ccccc1)C32. The van der Waals surface area contributed by atoms with Gasteiger partial charge in [0.15, 0.2) is 0 Å². The number of benzene rings is 2. The van der Waals surface area contributed by atoms with Crippen molar-refractivity contribution >= 4 is 11.8 Å². The third-order valence-electron chi connectivity index (χ3n) is 11.7. The van der Waals surface area contributed by atoms with Gasteiger partial charge in [0.05, 0.1) is 38.1 Å². The van der Waals surface area contributed by atoms with Gasteiger partial charge in [0.25, 0.3) is 0 Å². The lowest BCUT2D eigenvalue weighted by atomic mass is 9.55. The van der Waals surface area contributed by atoms with E-state index >= 15 is 0 Å². The number of phenols is 1. The number of amides is 1. The number of aliphatic hydroxyl groups excluding tert-OH is 2. The molecule has 2 aliphatic heterocycles. The molecule has 7 atom stereocenters. The summed E-state index contributed by atoms with van der Waals surface area (Å²) < 4.78 is 31.9. The van der Waals surface area contributed by atoms with Crippen LogP contribution in [0.1, 0.15) is 94.6 Å². The van der Waals surface area contributed by atoms with E-state index in [0.29, 0.717) is 50.5 Å². The molecule has 2 aromatic rings. The van der Waals surface area contributed by atoms with Gasteiger partial charge >= 0.3 is 6.09 Å². The van der Waals surface area contributed by atoms with Crippen molar-refractivity contribution in [3.05, 3.63) is 84.0 Å². The maximum absolute atomic E-state index is 14.4. The second kappa shape index (κ2) is 21.2. The van der Waals surface area contributed by atoms with Gasteiger partial charge in [0.2, 0.25) is 12.1 Å². The van der Waals surface area contributed by atoms with E-state index in [-0.39, 0.29) is 63.0 Å². The fourth-order valence-electron chi connectivity index (χ4n) is 9.22. The highest BCUT2D eigenvalue weighted by atomic mass is 16.8. The lowest BCUT2D eigenvalue weighted by Gasteiger charge is -2.59. The number of fused-ring (bicyclic) bond motifs is 2. The Kier molecular flexibility index (Phi) is 15.8. The number of aromatic hydroxyl groups is 1. The van der Waals surface area contributed by atoms with Crippen LogP contribution >= 0.6 is 0 Å². The third kappa shape index (κ3) is 10.2. The molecule has 3 N–H and O–H groups in total. The van der Waals surface area contributed by atoms with Crippen LogP contribution in [0.2, 0.25) is 0 Å². The number of aliphatic hydroxyl groups is 2. The number of allylic oxidation sites excluding steroid dienone is 1. The van der Waals surface area contributed by atoms with E-state index in [0.717, 1.165) is 61.6 Å². The normalized spacial score (nSPS) is 27.1. The van der Waals surface area contributed by atoms with Gasteiger partial charge in [-0.05, 0) is 86.1 Å². The van der Waals surface area contributed by atoms with E-state index in [9.17, 15) is 20.1 Å². The molecule has 7 unspecified atom stereocenters. The fourth-order valence-corrected chi connectivity index (χ4v) is 9.22. The minimum Gasteiger partial charge on any atom is -0.508 e. The van der Waals surface area contributed by atoms with Crippen molar-refractivity contribution in [2.45, 2.75) is 108 Å². The molecule has 12 nitrogen and oxygen atoms in total. The van der Waals surface area contributed by atoms with Gasteiger partial charge in [0, 0.05) is 44.1 Å². The Morgan fingerprint density at radius 2 is 1.86 bits per heavy atom. The Bertz CT molecular complexity index is 1650. The summed E-state index contributed by atoms with van der Waals surface area (Å²) in [6, 6.07) is 14.4. The van der Waals surface area contributed by atoms with Crippen LogP contribution in [0.4, 0.5) is 4.79 Å². The van der Waals surface area contributed by atoms with Crippen molar-refractivity contribution < 1.29 is 48.6 Å². The fraction of sp³-hybridized carbons (Fsp3) is 0.600. The second-order valence-corrected chi connectivity index (χ2v) is 15.5. The molecular formula is C45H62N2O10. The van der Waals surface area contributed by atoms with Crippen molar-refractivity contribution in [1.82, 2.24) is 4.90 Å². The van der Waals surface area contributed by atoms with Crippen LogP contribution in [-0.2, 0) is 30.4 Å². The summed E-state index contributed by atoms with van der Waals surface area (Å²) in [7, 11) is 0. The zero-order valence-electron chi connectivity index (χ0n) is 33.5. The summed E-state index contributed by atoms with van der Waals surface area (Å²) in [5.41, 5.74) is 3.51. The van der Waals surface area contributed by atoms with E-state index < -0.39 is 30.1 Å². The molecule has 2 fully saturated rings. The summed E-state index contributed by atoms with van der Waals surface area (Å²) in [5.74, 6) is -1.27. The van der Waals surface area contributed by atoms with Crippen LogP contribution in [0, 0.1) is 17.8 Å². The number of hydrogen-bond acceptors (Lipinski definition) is 11. The lowest BCUT2D eigenvalue weighted by molar-refractivity contribution is -0.255. The van der Waals surface area contributed by atoms with Crippen LogP contribution in [0.5, 0.6) is 11.5 Å². The van der Waals surface area contributed by atoms with Gasteiger partial charge in [-0.3, -0.25) is 4.90 Å². The van der Waals surface area contributed by atoms with Crippen LogP contribution in [0.25, 0.3) is 0 Å². The van der Waals surface area contributed by atoms with Gasteiger partial charge < -0.3 is 43.8 Å². The van der Waals surface area contributed by atoms with Gasteiger partial charge in [-0.25, -0.2) is 4.79 Å². The van der Waals surface area contributed by atoms with E-state index in [1.54, 1.807) is 29.2 Å². The third-order valence-corrected chi connectivity index (χ3v) is 11.7. The Labute approximate surface area is 337 Å². The summed E-state index contributed by atoms with van der Waals surface area (Å²) >= 11 is 0. The summed E-state index contributed by atoms with van der Waals surface area (Å²) in [6.07, 6.45) is 11.2. The van der Waals surface area contributed by atoms with Crippen LogP contribution in [0.15, 0.2) is 78.0 Å². The second-order valence-electron chi connectivity index (χ2n) is 15.5. The predicted molar refractivity (Wildman–Crippen MR) is 216 cm³/mol. The molecule has 12 heteroatoms. The number of rotatable bonds is 21. The molecule has 2 aromatic carbocycles. The van der Waals surface area contributed by atoms with Gasteiger partial charge in [-0.1, -0.05) is 67.4 Å². The highest BCUT2D eigenvalue weighted by molar-refractivity contribution is 6.03. The zero-order valence-corrected chi connectivity index (χ0v) is 33.5. The predicted octanol–water partition coefficient (Wildman–Crippen LogP) is 7.62. The number of oxime groups is 1. The minimum atomic E-state index is -1.40. The summed E-state index contributed by atoms with van der Waals surface area (Å²) in [5, 5.41) is 35.5. The van der Waals surface area contributed by atoms with Crippen molar-refractivity contribution in [2.75, 3.05) is 46.2 Å². The first-order valence-corrected chi connectivity index (χ1v) is 21.0. The largest absolute Gasteiger partial charge is 0.508 e. The topological polar surface area (TPSA) is 149 Å². The molecule has 2 aliphatic carbocycles. The minimum absolute atomic E-state index is 0.0519. The molecule has 0 spiro atoms. The molecule has 6 rings (SSSR count). The lowest BCUT2D eigenvalue weighted by Crippen LogP contribution is -2.70. The standard InChI is InChI=1S/C45H62N2O10/c1-3-21-47(44(51)54-27-26-52-31-32-14-6-5-7-15-32)40-30-38(46-57-41-18-10-13-25-53-41)36-28-33(16-8-11-22-48)35(17-9-12-23-49)42-37-29-34(50)19-20-39(37)56-45(40,43(36)42)55-24-4-2/h4-7,14-15,19-20,28-29,33,35,40-43,48-50H,2-3,8-13,16-18,21-27,30-31H2,1H3. The molecule has 2 heterocycles. The Morgan fingerprint density at radius 1 is 1.05 bits per heavy atom. The average Bonchev–Trinajstić information content (AvgIpc) is 3.23. The van der Waals surface area contributed by atoms with E-state index in [1.807, 2.05) is 37.3 Å². The first-order chi connectivity index (χ1) is 27.9. The molecule has 4 aliphatic rings. The molecular weight excluding hydrogens is 728 g/mol. The van der Waals surface area contributed by atoms with Crippen molar-refractivity contribution in [3.63, 3.8) is 0 Å². The van der Waals surface area contributed by atoms with Crippen molar-refractivity contribution in [1.29, 1.82) is 0 Å². The molecule has 0 bridgehead atoms. The number of ether oxygens (including phenoxy) is 5. The van der Waals surface area contributed by atoms with Crippen LogP contribution in [-0.4, -0.2) is 96.3 Å². The number of carbonyl (C=O) groups is 1. The Balaban J connectivity index is 1.44. The van der Waals surface area contributed by atoms with Gasteiger partial charge in [-0.15, -0.1) is 6.58 Å². The number of phenolic OH excluding ortho intramolecular Hbond substituents is 1. The molecule has 1 amide bonds. The Morgan fingerprint density at radius 3 is 2.60 bits per heavy atom. The highest BCUT2D eigenvalue weighted by Gasteiger charge is 2.65. The average molecular weight is 791 g/mol. The number of unbranched alkanes of at least 4 members (excludes halogenated alkanes) is 2. The molecule has 0 radical (unpaired) electrons. The molecule has 0 aromatic heterocycles. The monoisotopic (exact) mass is 790 g/mol. The summed E-state index contributed by atoms with van der Waals surface area (Å²) in [6.45, 7) is 8.02. The smallest absolute Gasteiger partial charge is 0.410 e. The van der Waals surface area contributed by atoms with E-state index in [4.69, 9.17) is 33.7 Å². The van der Waals surface area contributed by atoms with Gasteiger partial charge in [-0.2, -0.15) is 0 Å². The van der Waals surface area contributed by atoms with Crippen LogP contribution in [0.3, 0.4) is 0 Å². The maximum atomic E-state index is 14.4. The van der Waals surface area contributed by atoms with Crippen molar-refractivity contribution in [3.8, 4) is 11.5 Å². The van der Waals surface area contributed by atoms with Crippen molar-refractivity contribution in [2.24, 2.45) is 22.9 Å². The first-order valence-electron chi connectivity index (χ1n) is 21.0. The van der Waals surface area contributed by atoms with Gasteiger partial charge in [0.1, 0.15) is 24.1 Å². The summed E-state index contributed by atoms with van der Waals surface area (Å²) in [4.78, 5) is 22.3. The highest BCUT2D eigenvalue weighted by Crippen LogP contribution is 2.62. The number of carbonyl (C=O) groups excluding carboxylic acids is 1. The zero-order chi connectivity index (χ0) is 40.0. The Hall–Kier alpha value is -3.94. The molecule has 1 saturated carbocycles. The van der Waals surface area contributed by atoms with Crippen LogP contribution < -0.4 is 4.74 Å².